The van der Waals surface area contributed by atoms with Gasteiger partial charge in [-0.15, -0.1) is 0 Å². The summed E-state index contributed by atoms with van der Waals surface area (Å²) in [5.74, 6) is -1.37. The first-order valence-electron chi connectivity index (χ1n) is 12.2. The van der Waals surface area contributed by atoms with Crippen molar-refractivity contribution >= 4 is 5.97 Å². The maximum absolute atomic E-state index is 11.5. The molecule has 2 aromatic rings. The van der Waals surface area contributed by atoms with Gasteiger partial charge in [-0.05, 0) is 78.9 Å². The lowest BCUT2D eigenvalue weighted by atomic mass is 9.50. The maximum Gasteiger partial charge on any atom is 0.310 e. The molecule has 0 heterocycles. The summed E-state index contributed by atoms with van der Waals surface area (Å²) in [6.07, 6.45) is 10.0. The summed E-state index contributed by atoms with van der Waals surface area (Å²) >= 11 is 0. The van der Waals surface area contributed by atoms with Gasteiger partial charge in [0, 0.05) is 5.56 Å². The molecule has 1 N–H and O–H groups in total. The van der Waals surface area contributed by atoms with E-state index < -0.39 is 11.9 Å². The number of carboxylic acids is 1. The first-order valence-corrected chi connectivity index (χ1v) is 12.2. The van der Waals surface area contributed by atoms with Crippen molar-refractivity contribution in [2.45, 2.75) is 83.0 Å². The van der Waals surface area contributed by atoms with Crippen LogP contribution in [0.3, 0.4) is 0 Å². The third kappa shape index (κ3) is 3.93. The molecule has 0 amide bonds. The van der Waals surface area contributed by atoms with Gasteiger partial charge in [-0.3, -0.25) is 4.79 Å². The van der Waals surface area contributed by atoms with Crippen LogP contribution in [0.1, 0.15) is 99.8 Å². The number of aliphatic carboxylic acids is 1. The zero-order valence-electron chi connectivity index (χ0n) is 19.7. The van der Waals surface area contributed by atoms with E-state index in [4.69, 9.17) is 0 Å². The molecule has 170 valence electrons. The van der Waals surface area contributed by atoms with E-state index in [1.807, 2.05) is 37.3 Å². The van der Waals surface area contributed by atoms with Gasteiger partial charge in [-0.2, -0.15) is 10.5 Å². The lowest BCUT2D eigenvalue weighted by Crippen LogP contribution is -2.44. The van der Waals surface area contributed by atoms with Gasteiger partial charge in [0.2, 0.25) is 0 Å². The number of carboxylic acid groups (broad SMARTS) is 1. The van der Waals surface area contributed by atoms with E-state index in [0.717, 1.165) is 41.5 Å². The summed E-state index contributed by atoms with van der Waals surface area (Å²) in [7, 11) is 0. The van der Waals surface area contributed by atoms with Crippen molar-refractivity contribution in [3.63, 3.8) is 0 Å². The summed E-state index contributed by atoms with van der Waals surface area (Å²) < 4.78 is 0. The number of nitrogens with zero attached hydrogens (tertiary/aromatic N) is 2. The van der Waals surface area contributed by atoms with Gasteiger partial charge in [-0.25, -0.2) is 0 Å². The van der Waals surface area contributed by atoms with E-state index in [9.17, 15) is 20.4 Å². The largest absolute Gasteiger partial charge is 0.481 e. The first-order chi connectivity index (χ1) is 15.9. The highest BCUT2D eigenvalue weighted by atomic mass is 16.4. The fraction of sp³-hybridized carbons (Fsp3) is 0.483. The van der Waals surface area contributed by atoms with E-state index in [1.54, 1.807) is 0 Å². The van der Waals surface area contributed by atoms with Crippen LogP contribution in [-0.2, 0) is 10.2 Å². The summed E-state index contributed by atoms with van der Waals surface area (Å²) in [5, 5.41) is 29.6. The number of rotatable bonds is 7. The molecule has 33 heavy (non-hydrogen) atoms. The highest BCUT2D eigenvalue weighted by molar-refractivity contribution is 5.78. The number of hydrogen-bond donors (Lipinski definition) is 1. The number of hydrogen-bond acceptors (Lipinski definition) is 3. The Balaban J connectivity index is 1.71. The van der Waals surface area contributed by atoms with Crippen molar-refractivity contribution in [2.24, 2.45) is 5.41 Å². The third-order valence-electron chi connectivity index (χ3n) is 8.51. The van der Waals surface area contributed by atoms with Crippen LogP contribution in [0.15, 0.2) is 36.4 Å². The van der Waals surface area contributed by atoms with Crippen molar-refractivity contribution in [1.29, 1.82) is 10.5 Å². The molecule has 2 bridgehead atoms. The minimum Gasteiger partial charge on any atom is -0.481 e. The molecule has 2 aromatic carbocycles. The lowest BCUT2D eigenvalue weighted by molar-refractivity contribution is -0.138. The van der Waals surface area contributed by atoms with Crippen molar-refractivity contribution < 1.29 is 9.90 Å². The van der Waals surface area contributed by atoms with Gasteiger partial charge in [0.25, 0.3) is 0 Å². The van der Waals surface area contributed by atoms with Gasteiger partial charge in [0.15, 0.2) is 0 Å². The highest BCUT2D eigenvalue weighted by Gasteiger charge is 2.49. The van der Waals surface area contributed by atoms with Crippen LogP contribution in [0.25, 0.3) is 11.1 Å². The third-order valence-corrected chi connectivity index (χ3v) is 8.51. The molecule has 5 rings (SSSR count). The average Bonchev–Trinajstić information content (AvgIpc) is 2.85. The van der Waals surface area contributed by atoms with Crippen LogP contribution in [0, 0.1) is 28.1 Å². The normalized spacial score (nSPS) is 24.6. The Bertz CT molecular complexity index is 1110. The SMILES string of the molecule is CCCC12CCC(c3ccc(-c4ccc(C(CC)C(=O)O)cc4)c(C#N)c3C#N)(CC1)CC2. The highest BCUT2D eigenvalue weighted by Crippen LogP contribution is 2.60. The Labute approximate surface area is 196 Å². The molecule has 4 heteroatoms. The van der Waals surface area contributed by atoms with Crippen LogP contribution in [0.4, 0.5) is 0 Å². The van der Waals surface area contributed by atoms with Crippen molar-refractivity contribution in [1.82, 2.24) is 0 Å². The monoisotopic (exact) mass is 440 g/mol. The Morgan fingerprint density at radius 1 is 0.939 bits per heavy atom. The summed E-state index contributed by atoms with van der Waals surface area (Å²) in [4.78, 5) is 11.5. The van der Waals surface area contributed by atoms with Gasteiger partial charge < -0.3 is 5.11 Å². The number of carbonyl (C=O) groups is 1. The summed E-state index contributed by atoms with van der Waals surface area (Å²) in [5.41, 5.74) is 4.88. The molecule has 1 atom stereocenters. The molecule has 0 saturated heterocycles. The molecular weight excluding hydrogens is 408 g/mol. The second-order valence-electron chi connectivity index (χ2n) is 10.1. The molecule has 3 aliphatic carbocycles. The standard InChI is InChI=1S/C29H32N2O2/c1-3-11-28-12-15-29(16-13-28,17-14-28)26-10-9-23(24(18-30)25(26)19-31)21-7-5-20(6-8-21)22(4-2)27(32)33/h5-10,22H,3-4,11-17H2,1-2H3,(H,32,33). The fourth-order valence-corrected chi connectivity index (χ4v) is 6.54. The second-order valence-corrected chi connectivity index (χ2v) is 10.1. The fourth-order valence-electron chi connectivity index (χ4n) is 6.54. The molecule has 4 nitrogen and oxygen atoms in total. The quantitative estimate of drug-likeness (QED) is 0.499. The van der Waals surface area contributed by atoms with E-state index in [0.29, 0.717) is 23.0 Å². The van der Waals surface area contributed by atoms with Gasteiger partial charge in [0.1, 0.15) is 12.1 Å². The summed E-state index contributed by atoms with van der Waals surface area (Å²) in [6.45, 7) is 4.13. The van der Waals surface area contributed by atoms with Gasteiger partial charge >= 0.3 is 5.97 Å². The van der Waals surface area contributed by atoms with Gasteiger partial charge in [-0.1, -0.05) is 56.7 Å². The Morgan fingerprint density at radius 3 is 2.03 bits per heavy atom. The zero-order valence-corrected chi connectivity index (χ0v) is 19.7. The topological polar surface area (TPSA) is 84.9 Å². The van der Waals surface area contributed by atoms with Crippen molar-refractivity contribution in [2.75, 3.05) is 0 Å². The van der Waals surface area contributed by atoms with Crippen LogP contribution >= 0.6 is 0 Å². The number of nitriles is 2. The zero-order chi connectivity index (χ0) is 23.6. The van der Waals surface area contributed by atoms with Crippen LogP contribution < -0.4 is 0 Å². The second kappa shape index (κ2) is 9.03. The minimum absolute atomic E-state index is 0.0182. The van der Waals surface area contributed by atoms with E-state index in [2.05, 4.69) is 25.1 Å². The Morgan fingerprint density at radius 2 is 1.55 bits per heavy atom. The molecule has 0 radical (unpaired) electrons. The van der Waals surface area contributed by atoms with E-state index in [1.165, 1.54) is 32.1 Å². The van der Waals surface area contributed by atoms with Crippen molar-refractivity contribution in [3.05, 3.63) is 58.7 Å². The minimum atomic E-state index is -0.832. The number of fused-ring (bicyclic) bond motifs is 3. The molecule has 1 unspecified atom stereocenters. The average molecular weight is 441 g/mol. The van der Waals surface area contributed by atoms with Crippen LogP contribution in [0.2, 0.25) is 0 Å². The van der Waals surface area contributed by atoms with E-state index in [-0.39, 0.29) is 5.41 Å². The van der Waals surface area contributed by atoms with Crippen LogP contribution in [0.5, 0.6) is 0 Å². The molecule has 3 aliphatic rings. The van der Waals surface area contributed by atoms with Gasteiger partial charge in [0.05, 0.1) is 17.0 Å². The maximum atomic E-state index is 11.5. The number of benzene rings is 2. The molecule has 0 aromatic heterocycles. The first kappa shape index (κ1) is 23.1. The molecule has 3 saturated carbocycles. The molecule has 3 fully saturated rings. The predicted octanol–water partition coefficient (Wildman–Crippen LogP) is 7.07. The van der Waals surface area contributed by atoms with E-state index >= 15 is 0 Å². The molecule has 0 aliphatic heterocycles. The van der Waals surface area contributed by atoms with Crippen LogP contribution in [-0.4, -0.2) is 11.1 Å². The lowest BCUT2D eigenvalue weighted by Gasteiger charge is -2.54. The predicted molar refractivity (Wildman–Crippen MR) is 129 cm³/mol. The smallest absolute Gasteiger partial charge is 0.310 e. The Hall–Kier alpha value is -3.11. The summed E-state index contributed by atoms with van der Waals surface area (Å²) in [6, 6.07) is 16.2. The molecular formula is C29H32N2O2. The van der Waals surface area contributed by atoms with Crippen molar-refractivity contribution in [3.8, 4) is 23.3 Å². The Kier molecular flexibility index (Phi) is 6.31. The molecule has 0 spiro atoms.